The summed E-state index contributed by atoms with van der Waals surface area (Å²) in [5.74, 6) is -0.727. The largest absolute Gasteiger partial charge is 0.288 e. The molecule has 9 heteroatoms. The predicted molar refractivity (Wildman–Crippen MR) is 92.7 cm³/mol. The molecule has 0 aliphatic carbocycles. The van der Waals surface area contributed by atoms with Crippen LogP contribution in [0.2, 0.25) is 10.0 Å². The Labute approximate surface area is 148 Å². The van der Waals surface area contributed by atoms with E-state index in [-0.39, 0.29) is 15.6 Å². The molecule has 0 bridgehead atoms. The van der Waals surface area contributed by atoms with Gasteiger partial charge in [0.25, 0.3) is 15.9 Å². The number of rotatable bonds is 5. The van der Waals surface area contributed by atoms with Crippen LogP contribution in [-0.4, -0.2) is 19.5 Å². The van der Waals surface area contributed by atoms with Gasteiger partial charge in [-0.2, -0.15) is 0 Å². The Morgan fingerprint density at radius 1 is 1.12 bits per heavy atom. The van der Waals surface area contributed by atoms with Gasteiger partial charge in [0.1, 0.15) is 0 Å². The van der Waals surface area contributed by atoms with E-state index in [0.29, 0.717) is 10.6 Å². The average Bonchev–Trinajstić information content (AvgIpc) is 2.55. The van der Waals surface area contributed by atoms with Crippen LogP contribution >= 0.6 is 23.2 Å². The van der Waals surface area contributed by atoms with Crippen molar-refractivity contribution in [2.75, 3.05) is 4.72 Å². The van der Waals surface area contributed by atoms with Crippen LogP contribution in [-0.2, 0) is 14.8 Å². The third kappa shape index (κ3) is 4.72. The Kier molecular flexibility index (Phi) is 5.84. The Balaban J connectivity index is 2.29. The van der Waals surface area contributed by atoms with Crippen LogP contribution in [0.25, 0.3) is 6.08 Å². The topological polar surface area (TPSA) is 95.5 Å². The van der Waals surface area contributed by atoms with E-state index in [1.807, 2.05) is 0 Å². The minimum absolute atomic E-state index is 0.0138. The first-order chi connectivity index (χ1) is 11.3. The lowest BCUT2D eigenvalue weighted by atomic mass is 10.2. The fourth-order valence-electron chi connectivity index (χ4n) is 1.77. The van der Waals surface area contributed by atoms with Crippen molar-refractivity contribution in [1.82, 2.24) is 5.48 Å². The van der Waals surface area contributed by atoms with Crippen LogP contribution in [0.5, 0.6) is 0 Å². The second-order valence-corrected chi connectivity index (χ2v) is 7.14. The van der Waals surface area contributed by atoms with Gasteiger partial charge in [-0.25, -0.2) is 13.9 Å². The molecule has 0 spiro atoms. The molecule has 0 radical (unpaired) electrons. The lowest BCUT2D eigenvalue weighted by Gasteiger charge is -2.10. The third-order valence-electron chi connectivity index (χ3n) is 2.88. The van der Waals surface area contributed by atoms with E-state index >= 15 is 0 Å². The minimum atomic E-state index is -3.88. The van der Waals surface area contributed by atoms with Crippen LogP contribution in [0.3, 0.4) is 0 Å². The zero-order valence-electron chi connectivity index (χ0n) is 12.0. The first-order valence-corrected chi connectivity index (χ1v) is 8.76. The van der Waals surface area contributed by atoms with Crippen molar-refractivity contribution < 1.29 is 18.4 Å². The van der Waals surface area contributed by atoms with Crippen LogP contribution in [0, 0.1) is 0 Å². The normalized spacial score (nSPS) is 11.5. The highest BCUT2D eigenvalue weighted by Crippen LogP contribution is 2.27. The summed E-state index contributed by atoms with van der Waals surface area (Å²) < 4.78 is 27.2. The van der Waals surface area contributed by atoms with Gasteiger partial charge in [-0.1, -0.05) is 35.3 Å². The first kappa shape index (κ1) is 18.3. The van der Waals surface area contributed by atoms with Gasteiger partial charge in [0.2, 0.25) is 0 Å². The SMILES string of the molecule is O=C(/C=C/c1cccc(S(=O)(=O)Nc2ccc(Cl)cc2Cl)c1)NO. The molecule has 0 saturated heterocycles. The van der Waals surface area contributed by atoms with Gasteiger partial charge in [0, 0.05) is 11.1 Å². The molecular formula is C15H12Cl2N2O4S. The van der Waals surface area contributed by atoms with Crippen molar-refractivity contribution in [3.05, 3.63) is 64.1 Å². The van der Waals surface area contributed by atoms with Gasteiger partial charge in [0.05, 0.1) is 15.6 Å². The van der Waals surface area contributed by atoms with Crippen molar-refractivity contribution in [3.63, 3.8) is 0 Å². The van der Waals surface area contributed by atoms with Gasteiger partial charge in [-0.05, 0) is 42.0 Å². The molecule has 0 aliphatic rings. The number of hydroxylamine groups is 1. The summed E-state index contributed by atoms with van der Waals surface area (Å²) in [6.07, 6.45) is 2.43. The van der Waals surface area contributed by atoms with Crippen LogP contribution in [0.4, 0.5) is 5.69 Å². The number of benzene rings is 2. The number of carbonyl (C=O) groups excluding carboxylic acids is 1. The van der Waals surface area contributed by atoms with E-state index in [1.54, 1.807) is 6.07 Å². The van der Waals surface area contributed by atoms with E-state index in [4.69, 9.17) is 28.4 Å². The highest BCUT2D eigenvalue weighted by Gasteiger charge is 2.16. The Morgan fingerprint density at radius 3 is 2.54 bits per heavy atom. The molecule has 24 heavy (non-hydrogen) atoms. The molecule has 2 rings (SSSR count). The van der Waals surface area contributed by atoms with E-state index in [2.05, 4.69) is 4.72 Å². The molecular weight excluding hydrogens is 375 g/mol. The summed E-state index contributed by atoms with van der Waals surface area (Å²) in [4.78, 5) is 11.0. The molecule has 0 aliphatic heterocycles. The van der Waals surface area contributed by atoms with Crippen LogP contribution in [0.15, 0.2) is 53.4 Å². The zero-order valence-corrected chi connectivity index (χ0v) is 14.4. The van der Waals surface area contributed by atoms with E-state index in [1.165, 1.54) is 48.0 Å². The number of halogens is 2. The van der Waals surface area contributed by atoms with Gasteiger partial charge >= 0.3 is 0 Å². The number of carbonyl (C=O) groups is 1. The summed E-state index contributed by atoms with van der Waals surface area (Å²) >= 11 is 11.7. The Bertz CT molecular complexity index is 898. The van der Waals surface area contributed by atoms with Gasteiger partial charge < -0.3 is 0 Å². The smallest absolute Gasteiger partial charge is 0.267 e. The third-order valence-corrected chi connectivity index (χ3v) is 4.79. The predicted octanol–water partition coefficient (Wildman–Crippen LogP) is 3.31. The molecule has 6 nitrogen and oxygen atoms in total. The van der Waals surface area contributed by atoms with Crippen molar-refractivity contribution in [2.24, 2.45) is 0 Å². The molecule has 0 aromatic heterocycles. The van der Waals surface area contributed by atoms with Crippen LogP contribution in [0.1, 0.15) is 5.56 Å². The number of nitrogens with one attached hydrogen (secondary N) is 2. The van der Waals surface area contributed by atoms with Gasteiger partial charge in [0.15, 0.2) is 0 Å². The summed E-state index contributed by atoms with van der Waals surface area (Å²) in [6, 6.07) is 10.3. The number of anilines is 1. The summed E-state index contributed by atoms with van der Waals surface area (Å²) in [5.41, 5.74) is 2.10. The van der Waals surface area contributed by atoms with Crippen LogP contribution < -0.4 is 10.2 Å². The van der Waals surface area contributed by atoms with E-state index < -0.39 is 15.9 Å². The van der Waals surface area contributed by atoms with E-state index in [9.17, 15) is 13.2 Å². The second kappa shape index (κ2) is 7.67. The fraction of sp³-hybridized carbons (Fsp3) is 0. The summed E-state index contributed by atoms with van der Waals surface area (Å²) in [6.45, 7) is 0. The summed E-state index contributed by atoms with van der Waals surface area (Å²) in [7, 11) is -3.88. The molecule has 3 N–H and O–H groups in total. The van der Waals surface area contributed by atoms with Crippen molar-refractivity contribution in [1.29, 1.82) is 0 Å². The van der Waals surface area contributed by atoms with Crippen molar-refractivity contribution in [3.8, 4) is 0 Å². The molecule has 1 amide bonds. The fourth-order valence-corrected chi connectivity index (χ4v) is 3.42. The lowest BCUT2D eigenvalue weighted by molar-refractivity contribution is -0.124. The Morgan fingerprint density at radius 2 is 1.88 bits per heavy atom. The Hall–Kier alpha value is -2.06. The molecule has 0 atom stereocenters. The number of hydrogen-bond acceptors (Lipinski definition) is 4. The second-order valence-electron chi connectivity index (χ2n) is 4.61. The quantitative estimate of drug-likeness (QED) is 0.417. The van der Waals surface area contributed by atoms with E-state index in [0.717, 1.165) is 6.08 Å². The maximum atomic E-state index is 12.4. The molecule has 0 saturated carbocycles. The number of hydrogen-bond donors (Lipinski definition) is 3. The average molecular weight is 387 g/mol. The summed E-state index contributed by atoms with van der Waals surface area (Å²) in [5, 5.41) is 8.98. The number of amides is 1. The molecule has 2 aromatic rings. The molecule has 0 heterocycles. The zero-order chi connectivity index (χ0) is 17.7. The van der Waals surface area contributed by atoms with Gasteiger partial charge in [-0.3, -0.25) is 14.7 Å². The molecule has 2 aromatic carbocycles. The molecule has 0 fully saturated rings. The minimum Gasteiger partial charge on any atom is -0.288 e. The van der Waals surface area contributed by atoms with Gasteiger partial charge in [-0.15, -0.1) is 0 Å². The first-order valence-electron chi connectivity index (χ1n) is 6.52. The highest BCUT2D eigenvalue weighted by atomic mass is 35.5. The lowest BCUT2D eigenvalue weighted by Crippen LogP contribution is -2.15. The van der Waals surface area contributed by atoms with Crippen molar-refractivity contribution >= 4 is 50.9 Å². The molecule has 126 valence electrons. The maximum absolute atomic E-state index is 12.4. The van der Waals surface area contributed by atoms with Crippen molar-refractivity contribution in [2.45, 2.75) is 4.90 Å². The maximum Gasteiger partial charge on any atom is 0.267 e. The highest BCUT2D eigenvalue weighted by molar-refractivity contribution is 7.92. The monoisotopic (exact) mass is 386 g/mol. The standard InChI is InChI=1S/C15H12Cl2N2O4S/c16-11-5-6-14(13(17)9-11)19-24(22,23)12-3-1-2-10(8-12)4-7-15(20)18-21/h1-9,19,21H,(H,18,20)/b7-4+. The number of sulfonamides is 1. The molecule has 0 unspecified atom stereocenters.